The van der Waals surface area contributed by atoms with Gasteiger partial charge in [0.2, 0.25) is 5.13 Å². The summed E-state index contributed by atoms with van der Waals surface area (Å²) in [5, 5.41) is 12.2. The predicted molar refractivity (Wildman–Crippen MR) is 88.6 cm³/mol. The molecule has 0 spiro atoms. The van der Waals surface area contributed by atoms with E-state index in [-0.39, 0.29) is 0 Å². The molecule has 22 heavy (non-hydrogen) atoms. The molecule has 2 heterocycles. The van der Waals surface area contributed by atoms with Crippen LogP contribution in [0, 0.1) is 0 Å². The minimum atomic E-state index is 0.615. The number of para-hydroxylation sites is 1. The molecule has 5 nitrogen and oxygen atoms in total. The Balaban J connectivity index is 1.38. The van der Waals surface area contributed by atoms with E-state index in [1.165, 1.54) is 11.3 Å². The molecule has 114 valence electrons. The van der Waals surface area contributed by atoms with E-state index >= 15 is 0 Å². The summed E-state index contributed by atoms with van der Waals surface area (Å²) >= 11 is 3.17. The Morgan fingerprint density at radius 3 is 2.86 bits per heavy atom. The zero-order valence-electron chi connectivity index (χ0n) is 11.8. The Morgan fingerprint density at radius 1 is 1.14 bits per heavy atom. The van der Waals surface area contributed by atoms with Gasteiger partial charge in [0, 0.05) is 5.75 Å². The molecule has 2 aromatic heterocycles. The summed E-state index contributed by atoms with van der Waals surface area (Å²) in [6.45, 7) is 1.26. The Morgan fingerprint density at radius 2 is 2.05 bits per heavy atom. The highest BCUT2D eigenvalue weighted by molar-refractivity contribution is 8.01. The van der Waals surface area contributed by atoms with Crippen molar-refractivity contribution in [2.75, 3.05) is 17.7 Å². The summed E-state index contributed by atoms with van der Waals surface area (Å²) in [7, 11) is 0. The molecule has 0 saturated heterocycles. The van der Waals surface area contributed by atoms with Gasteiger partial charge < -0.3 is 14.5 Å². The van der Waals surface area contributed by atoms with Crippen LogP contribution in [0.15, 0.2) is 57.5 Å². The number of furan rings is 1. The van der Waals surface area contributed by atoms with Crippen LogP contribution in [0.5, 0.6) is 5.75 Å². The first-order chi connectivity index (χ1) is 10.9. The normalized spacial score (nSPS) is 10.5. The van der Waals surface area contributed by atoms with Crippen molar-refractivity contribution in [2.45, 2.75) is 10.9 Å². The fraction of sp³-hybridized carbons (Fsp3) is 0.200. The molecule has 3 rings (SSSR count). The van der Waals surface area contributed by atoms with Crippen molar-refractivity contribution < 1.29 is 9.15 Å². The Labute approximate surface area is 136 Å². The number of hydrogen-bond acceptors (Lipinski definition) is 7. The average Bonchev–Trinajstić information content (AvgIpc) is 3.22. The number of hydrogen-bond donors (Lipinski definition) is 1. The van der Waals surface area contributed by atoms with E-state index in [2.05, 4.69) is 15.5 Å². The third-order valence-corrected chi connectivity index (χ3v) is 4.70. The van der Waals surface area contributed by atoms with Crippen LogP contribution in [0.3, 0.4) is 0 Å². The Hall–Kier alpha value is -1.99. The smallest absolute Gasteiger partial charge is 0.206 e. The molecular weight excluding hydrogens is 318 g/mol. The van der Waals surface area contributed by atoms with Gasteiger partial charge in [-0.3, -0.25) is 0 Å². The molecule has 0 radical (unpaired) electrons. The van der Waals surface area contributed by atoms with Gasteiger partial charge in [0.05, 0.1) is 19.4 Å². The maximum atomic E-state index is 5.64. The molecule has 0 fully saturated rings. The number of anilines is 1. The third-order valence-electron chi connectivity index (χ3n) is 2.72. The van der Waals surface area contributed by atoms with E-state index in [0.29, 0.717) is 13.2 Å². The molecule has 7 heteroatoms. The number of thioether (sulfide) groups is 1. The summed E-state index contributed by atoms with van der Waals surface area (Å²) < 4.78 is 11.8. The first-order valence-electron chi connectivity index (χ1n) is 6.80. The van der Waals surface area contributed by atoms with Crippen LogP contribution < -0.4 is 10.1 Å². The lowest BCUT2D eigenvalue weighted by atomic mass is 10.3. The van der Waals surface area contributed by atoms with Gasteiger partial charge in [-0.2, -0.15) is 0 Å². The average molecular weight is 333 g/mol. The maximum absolute atomic E-state index is 5.64. The summed E-state index contributed by atoms with van der Waals surface area (Å²) in [5.41, 5.74) is 0. The lowest BCUT2D eigenvalue weighted by molar-refractivity contribution is 0.344. The summed E-state index contributed by atoms with van der Waals surface area (Å²) in [6.07, 6.45) is 1.66. The first kappa shape index (κ1) is 14.9. The molecule has 0 aliphatic heterocycles. The summed E-state index contributed by atoms with van der Waals surface area (Å²) in [4.78, 5) is 0. The number of aromatic nitrogens is 2. The zero-order chi connectivity index (χ0) is 15.0. The number of nitrogens with one attached hydrogen (secondary N) is 1. The molecule has 1 N–H and O–H groups in total. The van der Waals surface area contributed by atoms with Crippen molar-refractivity contribution in [3.05, 3.63) is 54.5 Å². The number of rotatable bonds is 8. The third kappa shape index (κ3) is 4.51. The summed E-state index contributed by atoms with van der Waals surface area (Å²) in [6, 6.07) is 13.6. The van der Waals surface area contributed by atoms with Crippen LogP contribution in [0.25, 0.3) is 0 Å². The van der Waals surface area contributed by atoms with Crippen LogP contribution in [0.2, 0.25) is 0 Å². The standard InChI is InChI=1S/C15H15N3O2S2/c1-2-5-12(6-3-1)20-9-10-21-15-18-17-14(22-15)16-11-13-7-4-8-19-13/h1-8H,9-11H2,(H,16,17). The lowest BCUT2D eigenvalue weighted by Crippen LogP contribution is -1.99. The molecule has 0 aliphatic rings. The molecule has 0 atom stereocenters. The fourth-order valence-electron chi connectivity index (χ4n) is 1.72. The molecule has 0 bridgehead atoms. The van der Waals surface area contributed by atoms with Gasteiger partial charge in [-0.25, -0.2) is 0 Å². The van der Waals surface area contributed by atoms with Crippen molar-refractivity contribution in [3.8, 4) is 5.75 Å². The van der Waals surface area contributed by atoms with Crippen LogP contribution in [0.1, 0.15) is 5.76 Å². The highest BCUT2D eigenvalue weighted by Crippen LogP contribution is 2.25. The van der Waals surface area contributed by atoms with E-state index in [0.717, 1.165) is 26.7 Å². The lowest BCUT2D eigenvalue weighted by Gasteiger charge is -2.03. The van der Waals surface area contributed by atoms with Gasteiger partial charge in [0.25, 0.3) is 0 Å². The SMILES string of the molecule is c1ccc(OCCSc2nnc(NCc3ccco3)s2)cc1. The van der Waals surface area contributed by atoms with Crippen molar-refractivity contribution in [1.82, 2.24) is 10.2 Å². The van der Waals surface area contributed by atoms with Gasteiger partial charge in [-0.05, 0) is 24.3 Å². The van der Waals surface area contributed by atoms with Crippen molar-refractivity contribution in [2.24, 2.45) is 0 Å². The molecule has 3 aromatic rings. The van der Waals surface area contributed by atoms with E-state index in [1.807, 2.05) is 42.5 Å². The van der Waals surface area contributed by atoms with Crippen molar-refractivity contribution >= 4 is 28.2 Å². The second-order valence-corrected chi connectivity index (χ2v) is 6.64. The van der Waals surface area contributed by atoms with Gasteiger partial charge in [0.1, 0.15) is 11.5 Å². The fourth-order valence-corrected chi connectivity index (χ4v) is 3.36. The molecular formula is C15H15N3O2S2. The van der Waals surface area contributed by atoms with E-state index < -0.39 is 0 Å². The van der Waals surface area contributed by atoms with Crippen molar-refractivity contribution in [3.63, 3.8) is 0 Å². The monoisotopic (exact) mass is 333 g/mol. The van der Waals surface area contributed by atoms with Crippen LogP contribution in [-0.2, 0) is 6.54 Å². The van der Waals surface area contributed by atoms with Gasteiger partial charge in [0.15, 0.2) is 4.34 Å². The summed E-state index contributed by atoms with van der Waals surface area (Å²) in [5.74, 6) is 2.60. The molecule has 1 aromatic carbocycles. The highest BCUT2D eigenvalue weighted by Gasteiger charge is 2.05. The quantitative estimate of drug-likeness (QED) is 0.498. The van der Waals surface area contributed by atoms with Gasteiger partial charge in [-0.1, -0.05) is 41.3 Å². The van der Waals surface area contributed by atoms with Crippen molar-refractivity contribution in [1.29, 1.82) is 0 Å². The molecule has 0 saturated carbocycles. The van der Waals surface area contributed by atoms with Crippen LogP contribution in [0.4, 0.5) is 5.13 Å². The predicted octanol–water partition coefficient (Wildman–Crippen LogP) is 3.91. The largest absolute Gasteiger partial charge is 0.493 e. The minimum Gasteiger partial charge on any atom is -0.493 e. The molecule has 0 amide bonds. The van der Waals surface area contributed by atoms with Gasteiger partial charge >= 0.3 is 0 Å². The van der Waals surface area contributed by atoms with Crippen LogP contribution in [-0.4, -0.2) is 22.6 Å². The molecule has 0 aliphatic carbocycles. The first-order valence-corrected chi connectivity index (χ1v) is 8.61. The van der Waals surface area contributed by atoms with E-state index in [1.54, 1.807) is 18.0 Å². The topological polar surface area (TPSA) is 60.2 Å². The molecule has 0 unspecified atom stereocenters. The van der Waals surface area contributed by atoms with E-state index in [4.69, 9.17) is 9.15 Å². The Kier molecular flexibility index (Phi) is 5.33. The second kappa shape index (κ2) is 7.86. The van der Waals surface area contributed by atoms with Gasteiger partial charge in [-0.15, -0.1) is 10.2 Å². The second-order valence-electron chi connectivity index (χ2n) is 4.32. The van der Waals surface area contributed by atoms with Crippen LogP contribution >= 0.6 is 23.1 Å². The minimum absolute atomic E-state index is 0.615. The van der Waals surface area contributed by atoms with E-state index in [9.17, 15) is 0 Å². The highest BCUT2D eigenvalue weighted by atomic mass is 32.2. The number of ether oxygens (including phenoxy) is 1. The number of nitrogens with zero attached hydrogens (tertiary/aromatic N) is 2. The Bertz CT molecular complexity index is 671. The number of benzene rings is 1. The zero-order valence-corrected chi connectivity index (χ0v) is 13.4. The maximum Gasteiger partial charge on any atom is 0.206 e.